The van der Waals surface area contributed by atoms with Crippen LogP contribution in [0.25, 0.3) is 11.0 Å². The molecule has 0 spiro atoms. The van der Waals surface area contributed by atoms with E-state index in [2.05, 4.69) is 4.98 Å². The number of amides is 1. The third-order valence-electron chi connectivity index (χ3n) is 6.65. The van der Waals surface area contributed by atoms with Crippen LogP contribution in [0.2, 0.25) is 0 Å². The molecule has 10 heteroatoms. The molecule has 0 saturated carbocycles. The number of aryl methyl sites for hydroxylation is 3. The molecule has 1 unspecified atom stereocenters. The second-order valence-corrected chi connectivity index (χ2v) is 9.91. The summed E-state index contributed by atoms with van der Waals surface area (Å²) in [6.45, 7) is 7.80. The maximum atomic E-state index is 14.0. The highest BCUT2D eigenvalue weighted by Gasteiger charge is 2.45. The topological polar surface area (TPSA) is 108 Å². The molecule has 0 fully saturated rings. The summed E-state index contributed by atoms with van der Waals surface area (Å²) < 4.78 is 22.2. The number of carbonyl (C=O) groups is 2. The van der Waals surface area contributed by atoms with Crippen molar-refractivity contribution in [2.24, 2.45) is 0 Å². The maximum Gasteiger partial charge on any atom is 0.350 e. The van der Waals surface area contributed by atoms with Crippen molar-refractivity contribution in [2.75, 3.05) is 25.7 Å². The molecule has 1 atom stereocenters. The lowest BCUT2D eigenvalue weighted by atomic mass is 9.97. The number of carbonyl (C=O) groups excluding carboxylic acids is 2. The van der Waals surface area contributed by atoms with Gasteiger partial charge in [0.1, 0.15) is 10.5 Å². The van der Waals surface area contributed by atoms with Crippen LogP contribution >= 0.6 is 11.3 Å². The molecule has 5 rings (SSSR count). The molecule has 1 aliphatic heterocycles. The van der Waals surface area contributed by atoms with E-state index < -0.39 is 17.9 Å². The van der Waals surface area contributed by atoms with Crippen molar-refractivity contribution in [2.45, 2.75) is 33.7 Å². The van der Waals surface area contributed by atoms with Gasteiger partial charge in [-0.1, -0.05) is 17.4 Å². The average Bonchev–Trinajstić information content (AvgIpc) is 3.42. The minimum atomic E-state index is -0.875. The molecule has 1 aliphatic rings. The third kappa shape index (κ3) is 3.92. The van der Waals surface area contributed by atoms with Crippen LogP contribution in [0.15, 0.2) is 39.5 Å². The van der Waals surface area contributed by atoms with Crippen molar-refractivity contribution in [3.8, 4) is 11.5 Å². The molecule has 196 valence electrons. The summed E-state index contributed by atoms with van der Waals surface area (Å²) in [5, 5.41) is 0.628. The summed E-state index contributed by atoms with van der Waals surface area (Å²) in [7, 11) is 2.80. The van der Waals surface area contributed by atoms with E-state index in [-0.39, 0.29) is 26.8 Å². The Hall–Kier alpha value is -4.18. The molecule has 2 aromatic heterocycles. The van der Waals surface area contributed by atoms with E-state index in [9.17, 15) is 14.4 Å². The lowest BCUT2D eigenvalue weighted by Gasteiger charge is -2.23. The van der Waals surface area contributed by atoms with Crippen LogP contribution < -0.4 is 19.8 Å². The van der Waals surface area contributed by atoms with Crippen LogP contribution in [-0.2, 0) is 4.74 Å². The number of rotatable bonds is 6. The van der Waals surface area contributed by atoms with E-state index >= 15 is 0 Å². The van der Waals surface area contributed by atoms with Gasteiger partial charge in [0.25, 0.3) is 5.91 Å². The summed E-state index contributed by atoms with van der Waals surface area (Å²) in [6.07, 6.45) is 0. The number of benzene rings is 2. The molecule has 38 heavy (non-hydrogen) atoms. The zero-order chi connectivity index (χ0) is 27.3. The highest BCUT2D eigenvalue weighted by atomic mass is 32.1. The number of ether oxygens (including phenoxy) is 3. The van der Waals surface area contributed by atoms with Crippen molar-refractivity contribution < 1.29 is 28.2 Å². The number of methoxy groups -OCH3 is 2. The fourth-order valence-corrected chi connectivity index (χ4v) is 5.65. The van der Waals surface area contributed by atoms with Crippen molar-refractivity contribution >= 4 is 39.3 Å². The van der Waals surface area contributed by atoms with E-state index in [0.29, 0.717) is 40.3 Å². The number of aromatic nitrogens is 1. The van der Waals surface area contributed by atoms with Gasteiger partial charge in [0, 0.05) is 0 Å². The molecule has 4 aromatic rings. The van der Waals surface area contributed by atoms with Gasteiger partial charge in [-0.15, -0.1) is 0 Å². The van der Waals surface area contributed by atoms with Crippen LogP contribution in [0.1, 0.15) is 61.1 Å². The molecule has 0 N–H and O–H groups in total. The second kappa shape index (κ2) is 9.60. The Morgan fingerprint density at radius 1 is 1.08 bits per heavy atom. The van der Waals surface area contributed by atoms with E-state index in [1.807, 2.05) is 20.8 Å². The van der Waals surface area contributed by atoms with Crippen molar-refractivity contribution in [1.82, 2.24) is 4.98 Å². The maximum absolute atomic E-state index is 14.0. The van der Waals surface area contributed by atoms with Crippen molar-refractivity contribution in [3.63, 3.8) is 0 Å². The molecular formula is C28H26N2O7S. The standard InChI is InChI=1S/C28H26N2O7S/c1-7-36-18-9-8-16(12-20(18)34-5)22-21-23(31)17-10-13(2)14(3)11-19(17)37-24(21)26(32)30(22)28-29-15(4)25(38-28)27(33)35-6/h8-12,22H,7H2,1-6H3. The zero-order valence-corrected chi connectivity index (χ0v) is 22.6. The number of fused-ring (bicyclic) bond motifs is 2. The Morgan fingerprint density at radius 3 is 2.50 bits per heavy atom. The Bertz CT molecular complexity index is 1670. The summed E-state index contributed by atoms with van der Waals surface area (Å²) in [5.41, 5.74) is 3.11. The first-order valence-corrected chi connectivity index (χ1v) is 12.8. The lowest BCUT2D eigenvalue weighted by Crippen LogP contribution is -2.29. The number of esters is 1. The summed E-state index contributed by atoms with van der Waals surface area (Å²) in [6, 6.07) is 7.92. The zero-order valence-electron chi connectivity index (χ0n) is 21.8. The molecular weight excluding hydrogens is 508 g/mol. The highest BCUT2D eigenvalue weighted by Crippen LogP contribution is 2.45. The summed E-state index contributed by atoms with van der Waals surface area (Å²) in [4.78, 5) is 46.3. The van der Waals surface area contributed by atoms with Crippen LogP contribution in [-0.4, -0.2) is 37.7 Å². The van der Waals surface area contributed by atoms with Gasteiger partial charge in [0.15, 0.2) is 22.1 Å². The Kier molecular flexibility index (Phi) is 6.44. The van der Waals surface area contributed by atoms with Gasteiger partial charge >= 0.3 is 5.97 Å². The molecule has 0 bridgehead atoms. The number of nitrogens with zero attached hydrogens (tertiary/aromatic N) is 2. The highest BCUT2D eigenvalue weighted by molar-refractivity contribution is 7.17. The fourth-order valence-electron chi connectivity index (χ4n) is 4.64. The van der Waals surface area contributed by atoms with E-state index in [1.165, 1.54) is 19.1 Å². The van der Waals surface area contributed by atoms with E-state index in [1.54, 1.807) is 37.3 Å². The quantitative estimate of drug-likeness (QED) is 0.314. The average molecular weight is 535 g/mol. The van der Waals surface area contributed by atoms with Crippen LogP contribution in [0.5, 0.6) is 11.5 Å². The predicted molar refractivity (Wildman–Crippen MR) is 143 cm³/mol. The SMILES string of the molecule is CCOc1ccc(C2c3c(oc4cc(C)c(C)cc4c3=O)C(=O)N2c2nc(C)c(C(=O)OC)s2)cc1OC. The fraction of sp³-hybridized carbons (Fsp3) is 0.286. The van der Waals surface area contributed by atoms with E-state index in [4.69, 9.17) is 18.6 Å². The third-order valence-corrected chi connectivity index (χ3v) is 7.79. The molecule has 2 aromatic carbocycles. The number of anilines is 1. The first-order valence-electron chi connectivity index (χ1n) is 12.0. The second-order valence-electron chi connectivity index (χ2n) is 8.93. The number of hydrogen-bond acceptors (Lipinski definition) is 9. The molecule has 9 nitrogen and oxygen atoms in total. The smallest absolute Gasteiger partial charge is 0.350 e. The number of hydrogen-bond donors (Lipinski definition) is 0. The predicted octanol–water partition coefficient (Wildman–Crippen LogP) is 5.12. The normalized spacial score (nSPS) is 14.6. The van der Waals surface area contributed by atoms with E-state index in [0.717, 1.165) is 22.5 Å². The van der Waals surface area contributed by atoms with Gasteiger partial charge in [-0.2, -0.15) is 0 Å². The first-order chi connectivity index (χ1) is 18.2. The molecule has 0 radical (unpaired) electrons. The van der Waals surface area contributed by atoms with Crippen LogP contribution in [0.3, 0.4) is 0 Å². The van der Waals surface area contributed by atoms with Crippen molar-refractivity contribution in [3.05, 3.63) is 79.1 Å². The Balaban J connectivity index is 1.79. The molecule has 0 saturated heterocycles. The van der Waals surface area contributed by atoms with Gasteiger partial charge in [0.2, 0.25) is 5.76 Å². The van der Waals surface area contributed by atoms with Gasteiger partial charge in [0.05, 0.1) is 43.5 Å². The van der Waals surface area contributed by atoms with Crippen molar-refractivity contribution in [1.29, 1.82) is 0 Å². The van der Waals surface area contributed by atoms with Gasteiger partial charge in [-0.25, -0.2) is 9.78 Å². The summed E-state index contributed by atoms with van der Waals surface area (Å²) in [5.74, 6) is -0.158. The van der Waals surface area contributed by atoms with Gasteiger partial charge in [-0.05, 0) is 68.7 Å². The monoisotopic (exact) mass is 534 g/mol. The van der Waals surface area contributed by atoms with Crippen LogP contribution in [0, 0.1) is 20.8 Å². The molecule has 3 heterocycles. The summed E-state index contributed by atoms with van der Waals surface area (Å²) >= 11 is 1.02. The van der Waals surface area contributed by atoms with Gasteiger partial charge in [-0.3, -0.25) is 14.5 Å². The minimum absolute atomic E-state index is 0.0592. The minimum Gasteiger partial charge on any atom is -0.493 e. The Labute approximate surface area is 222 Å². The lowest BCUT2D eigenvalue weighted by molar-refractivity contribution is 0.0605. The molecule has 0 aliphatic carbocycles. The number of thiazole rings is 1. The largest absolute Gasteiger partial charge is 0.493 e. The van der Waals surface area contributed by atoms with Gasteiger partial charge < -0.3 is 18.6 Å². The van der Waals surface area contributed by atoms with Crippen LogP contribution in [0.4, 0.5) is 5.13 Å². The Morgan fingerprint density at radius 2 is 1.82 bits per heavy atom. The first kappa shape index (κ1) is 25.5. The molecule has 1 amide bonds.